The zero-order valence-corrected chi connectivity index (χ0v) is 15.0. The Morgan fingerprint density at radius 1 is 1.28 bits per heavy atom. The van der Waals surface area contributed by atoms with Crippen molar-refractivity contribution in [2.24, 2.45) is 5.92 Å². The zero-order valence-electron chi connectivity index (χ0n) is 14.2. The van der Waals surface area contributed by atoms with Crippen LogP contribution in [0.5, 0.6) is 0 Å². The van der Waals surface area contributed by atoms with Crippen LogP contribution in [-0.4, -0.2) is 37.8 Å². The molecule has 0 saturated carbocycles. The van der Waals surface area contributed by atoms with Crippen LogP contribution in [0, 0.1) is 12.8 Å². The van der Waals surface area contributed by atoms with Crippen LogP contribution in [0.3, 0.4) is 0 Å². The molecule has 1 amide bonds. The Kier molecular flexibility index (Phi) is 4.87. The van der Waals surface area contributed by atoms with E-state index in [0.717, 1.165) is 11.1 Å². The Balaban J connectivity index is 1.78. The number of aryl methyl sites for hydroxylation is 1. The number of likely N-dealkylation sites (tertiary alicyclic amines) is 1. The molecule has 1 saturated heterocycles. The summed E-state index contributed by atoms with van der Waals surface area (Å²) in [5, 5.41) is 0. The van der Waals surface area contributed by atoms with Gasteiger partial charge in [0, 0.05) is 38.3 Å². The Bertz CT molecular complexity index is 868. The number of aromatic nitrogens is 1. The Morgan fingerprint density at radius 3 is 2.76 bits per heavy atom. The molecule has 6 nitrogen and oxygen atoms in total. The van der Waals surface area contributed by atoms with Crippen LogP contribution >= 0.6 is 0 Å². The number of carbonyl (C=O) groups excluding carboxylic acids is 1. The Labute approximate surface area is 147 Å². The molecule has 1 aromatic heterocycles. The lowest BCUT2D eigenvalue weighted by Crippen LogP contribution is -2.32. The van der Waals surface area contributed by atoms with E-state index in [4.69, 9.17) is 0 Å². The maximum absolute atomic E-state index is 12.5. The van der Waals surface area contributed by atoms with Gasteiger partial charge in [0.2, 0.25) is 15.9 Å². The summed E-state index contributed by atoms with van der Waals surface area (Å²) >= 11 is 0. The molecule has 1 aromatic carbocycles. The second-order valence-corrected chi connectivity index (χ2v) is 8.14. The van der Waals surface area contributed by atoms with Crippen LogP contribution < -0.4 is 4.72 Å². The van der Waals surface area contributed by atoms with Crippen molar-refractivity contribution in [3.63, 3.8) is 0 Å². The summed E-state index contributed by atoms with van der Waals surface area (Å²) in [6.45, 7) is 2.05. The maximum atomic E-state index is 12.5. The summed E-state index contributed by atoms with van der Waals surface area (Å²) in [4.78, 5) is 18.2. The number of nitrogens with one attached hydrogen (secondary N) is 1. The third kappa shape index (κ3) is 3.72. The number of amides is 1. The minimum atomic E-state index is -3.61. The average Bonchev–Trinajstić information content (AvgIpc) is 2.88. The molecule has 0 aliphatic carbocycles. The summed E-state index contributed by atoms with van der Waals surface area (Å²) in [6.07, 6.45) is 3.71. The van der Waals surface area contributed by atoms with E-state index >= 15 is 0 Å². The van der Waals surface area contributed by atoms with E-state index in [1.165, 1.54) is 0 Å². The Hall–Kier alpha value is -2.25. The van der Waals surface area contributed by atoms with Gasteiger partial charge in [-0.05, 0) is 36.2 Å². The summed E-state index contributed by atoms with van der Waals surface area (Å²) in [5.74, 6) is -0.130. The van der Waals surface area contributed by atoms with Gasteiger partial charge in [-0.25, -0.2) is 13.1 Å². The molecule has 0 unspecified atom stereocenters. The molecule has 25 heavy (non-hydrogen) atoms. The van der Waals surface area contributed by atoms with E-state index in [-0.39, 0.29) is 29.3 Å². The molecule has 1 aliphatic heterocycles. The van der Waals surface area contributed by atoms with Crippen molar-refractivity contribution in [3.8, 4) is 0 Å². The van der Waals surface area contributed by atoms with Crippen LogP contribution in [0.2, 0.25) is 0 Å². The van der Waals surface area contributed by atoms with E-state index in [9.17, 15) is 13.2 Å². The largest absolute Gasteiger partial charge is 0.338 e. The first-order chi connectivity index (χ1) is 11.9. The number of rotatable bonds is 5. The molecule has 0 radical (unpaired) electrons. The van der Waals surface area contributed by atoms with Crippen LogP contribution in [-0.2, 0) is 14.8 Å². The second-order valence-electron chi connectivity index (χ2n) is 6.37. The molecule has 1 fully saturated rings. The number of hydrogen-bond donors (Lipinski definition) is 1. The molecule has 0 bridgehead atoms. The SMILES string of the molecule is Cc1cccc(S(=O)(=O)NC[C@@H]2CC(=O)N(C)[C@H]2c2cccnc2)c1. The standard InChI is InChI=1S/C18H21N3O3S/c1-13-5-3-7-16(9-13)25(23,24)20-12-15-10-17(22)21(2)18(15)14-6-4-8-19-11-14/h3-9,11,15,18,20H,10,12H2,1-2H3/t15-,18-/m0/s1. The first-order valence-electron chi connectivity index (χ1n) is 8.10. The summed E-state index contributed by atoms with van der Waals surface area (Å²) in [6, 6.07) is 10.3. The highest BCUT2D eigenvalue weighted by molar-refractivity contribution is 7.89. The van der Waals surface area contributed by atoms with Crippen LogP contribution in [0.4, 0.5) is 0 Å². The minimum absolute atomic E-state index is 0.00797. The molecule has 3 rings (SSSR count). The summed E-state index contributed by atoms with van der Waals surface area (Å²) in [5.41, 5.74) is 1.79. The van der Waals surface area contributed by atoms with E-state index in [2.05, 4.69) is 9.71 Å². The molecule has 1 aliphatic rings. The van der Waals surface area contributed by atoms with Crippen molar-refractivity contribution in [2.75, 3.05) is 13.6 Å². The van der Waals surface area contributed by atoms with Gasteiger partial charge in [0.1, 0.15) is 0 Å². The number of nitrogens with zero attached hydrogens (tertiary/aromatic N) is 2. The third-order valence-corrected chi connectivity index (χ3v) is 5.98. The van der Waals surface area contributed by atoms with Crippen molar-refractivity contribution in [1.82, 2.24) is 14.6 Å². The lowest BCUT2D eigenvalue weighted by Gasteiger charge is -2.25. The maximum Gasteiger partial charge on any atom is 0.240 e. The van der Waals surface area contributed by atoms with Crippen molar-refractivity contribution in [2.45, 2.75) is 24.3 Å². The van der Waals surface area contributed by atoms with Crippen molar-refractivity contribution < 1.29 is 13.2 Å². The van der Waals surface area contributed by atoms with E-state index in [1.54, 1.807) is 42.5 Å². The number of benzene rings is 1. The van der Waals surface area contributed by atoms with E-state index < -0.39 is 10.0 Å². The topological polar surface area (TPSA) is 79.4 Å². The van der Waals surface area contributed by atoms with Gasteiger partial charge >= 0.3 is 0 Å². The van der Waals surface area contributed by atoms with Gasteiger partial charge in [0.25, 0.3) is 0 Å². The number of sulfonamides is 1. The highest BCUT2D eigenvalue weighted by Crippen LogP contribution is 2.36. The lowest BCUT2D eigenvalue weighted by molar-refractivity contribution is -0.127. The Morgan fingerprint density at radius 2 is 2.08 bits per heavy atom. The quantitative estimate of drug-likeness (QED) is 0.884. The smallest absolute Gasteiger partial charge is 0.240 e. The van der Waals surface area contributed by atoms with E-state index in [0.29, 0.717) is 6.42 Å². The lowest BCUT2D eigenvalue weighted by atomic mass is 9.95. The first-order valence-corrected chi connectivity index (χ1v) is 9.59. The fourth-order valence-electron chi connectivity index (χ4n) is 3.26. The molecule has 132 valence electrons. The zero-order chi connectivity index (χ0) is 18.0. The van der Waals surface area contributed by atoms with Gasteiger partial charge < -0.3 is 4.90 Å². The third-order valence-electron chi connectivity index (χ3n) is 4.56. The van der Waals surface area contributed by atoms with Crippen LogP contribution in [0.1, 0.15) is 23.6 Å². The molecular weight excluding hydrogens is 338 g/mol. The molecule has 2 aromatic rings. The van der Waals surface area contributed by atoms with Crippen LogP contribution in [0.15, 0.2) is 53.7 Å². The molecule has 2 heterocycles. The van der Waals surface area contributed by atoms with E-state index in [1.807, 2.05) is 25.1 Å². The second kappa shape index (κ2) is 6.93. The molecule has 7 heteroatoms. The highest BCUT2D eigenvalue weighted by Gasteiger charge is 2.39. The monoisotopic (exact) mass is 359 g/mol. The average molecular weight is 359 g/mol. The normalized spacial score (nSPS) is 20.9. The summed E-state index contributed by atoms with van der Waals surface area (Å²) < 4.78 is 27.7. The highest BCUT2D eigenvalue weighted by atomic mass is 32.2. The molecule has 1 N–H and O–H groups in total. The van der Waals surface area contributed by atoms with Gasteiger partial charge in [-0.15, -0.1) is 0 Å². The minimum Gasteiger partial charge on any atom is -0.338 e. The van der Waals surface area contributed by atoms with Gasteiger partial charge in [0.05, 0.1) is 10.9 Å². The predicted octanol–water partition coefficient (Wildman–Crippen LogP) is 1.89. The molecule has 2 atom stereocenters. The van der Waals surface area contributed by atoms with Crippen molar-refractivity contribution >= 4 is 15.9 Å². The van der Waals surface area contributed by atoms with Gasteiger partial charge in [-0.1, -0.05) is 18.2 Å². The number of pyridine rings is 1. The fraction of sp³-hybridized carbons (Fsp3) is 0.333. The van der Waals surface area contributed by atoms with Gasteiger partial charge in [-0.2, -0.15) is 0 Å². The van der Waals surface area contributed by atoms with Gasteiger partial charge in [-0.3, -0.25) is 9.78 Å². The van der Waals surface area contributed by atoms with Crippen molar-refractivity contribution in [3.05, 3.63) is 59.9 Å². The van der Waals surface area contributed by atoms with Gasteiger partial charge in [0.15, 0.2) is 0 Å². The molecular formula is C18H21N3O3S. The van der Waals surface area contributed by atoms with Crippen molar-refractivity contribution in [1.29, 1.82) is 0 Å². The molecule has 0 spiro atoms. The first kappa shape index (κ1) is 17.6. The number of hydrogen-bond acceptors (Lipinski definition) is 4. The number of carbonyl (C=O) groups is 1. The fourth-order valence-corrected chi connectivity index (χ4v) is 4.46. The van der Waals surface area contributed by atoms with Crippen LogP contribution in [0.25, 0.3) is 0 Å². The predicted molar refractivity (Wildman–Crippen MR) is 94.2 cm³/mol. The summed E-state index contributed by atoms with van der Waals surface area (Å²) in [7, 11) is -1.86.